The maximum absolute atomic E-state index is 13.5. The molecule has 0 spiro atoms. The van der Waals surface area contributed by atoms with E-state index in [1.54, 1.807) is 0 Å². The van der Waals surface area contributed by atoms with E-state index < -0.39 is 27.7 Å². The lowest BCUT2D eigenvalue weighted by atomic mass is 10.2. The van der Waals surface area contributed by atoms with Gasteiger partial charge in [0.2, 0.25) is 10.0 Å². The predicted molar refractivity (Wildman–Crippen MR) is 88.6 cm³/mol. The van der Waals surface area contributed by atoms with Gasteiger partial charge < -0.3 is 0 Å². The van der Waals surface area contributed by atoms with Gasteiger partial charge in [-0.3, -0.25) is 20.4 Å². The third-order valence-electron chi connectivity index (χ3n) is 3.30. The summed E-state index contributed by atoms with van der Waals surface area (Å²) in [5.41, 5.74) is 4.15. The Hall–Kier alpha value is -2.78. The number of hydrogen-bond donors (Lipinski definition) is 2. The maximum atomic E-state index is 13.5. The average molecular weight is 365 g/mol. The van der Waals surface area contributed by atoms with Gasteiger partial charge in [0.1, 0.15) is 5.82 Å². The molecular formula is C16H16FN3O4S. The molecule has 0 aliphatic rings. The molecule has 0 saturated carbocycles. The molecule has 2 aromatic rings. The van der Waals surface area contributed by atoms with Gasteiger partial charge in [-0.2, -0.15) is 0 Å². The van der Waals surface area contributed by atoms with Crippen molar-refractivity contribution in [1.82, 2.24) is 15.2 Å². The molecule has 0 fully saturated rings. The Labute approximate surface area is 144 Å². The highest BCUT2D eigenvalue weighted by Crippen LogP contribution is 2.14. The first-order valence-electron chi connectivity index (χ1n) is 7.11. The highest BCUT2D eigenvalue weighted by Gasteiger charge is 2.18. The highest BCUT2D eigenvalue weighted by atomic mass is 32.2. The number of sulfonamides is 1. The predicted octanol–water partition coefficient (Wildman–Crippen LogP) is 1.15. The van der Waals surface area contributed by atoms with E-state index in [2.05, 4.69) is 10.9 Å². The summed E-state index contributed by atoms with van der Waals surface area (Å²) in [6, 6.07) is 10.5. The Kier molecular flexibility index (Phi) is 5.50. The molecule has 7 nitrogen and oxygen atoms in total. The summed E-state index contributed by atoms with van der Waals surface area (Å²) in [5.74, 6) is -2.19. The van der Waals surface area contributed by atoms with Crippen LogP contribution >= 0.6 is 0 Å². The molecule has 0 bridgehead atoms. The van der Waals surface area contributed by atoms with Crippen LogP contribution < -0.4 is 10.9 Å². The number of hydrogen-bond acceptors (Lipinski definition) is 4. The fourth-order valence-corrected chi connectivity index (χ4v) is 2.79. The van der Waals surface area contributed by atoms with Crippen molar-refractivity contribution in [3.05, 3.63) is 65.5 Å². The zero-order valence-corrected chi connectivity index (χ0v) is 14.3. The summed E-state index contributed by atoms with van der Waals surface area (Å²) in [5, 5.41) is 0. The first-order valence-corrected chi connectivity index (χ1v) is 8.55. The van der Waals surface area contributed by atoms with Crippen LogP contribution in [0.5, 0.6) is 0 Å². The van der Waals surface area contributed by atoms with E-state index in [-0.39, 0.29) is 16.0 Å². The van der Waals surface area contributed by atoms with Crippen molar-refractivity contribution in [3.8, 4) is 0 Å². The largest absolute Gasteiger partial charge is 0.272 e. The van der Waals surface area contributed by atoms with Gasteiger partial charge in [0, 0.05) is 19.7 Å². The lowest BCUT2D eigenvalue weighted by Crippen LogP contribution is -2.41. The number of carbonyl (C=O) groups excluding carboxylic acids is 2. The lowest BCUT2D eigenvalue weighted by molar-refractivity contribution is 0.0844. The van der Waals surface area contributed by atoms with Crippen LogP contribution in [0.3, 0.4) is 0 Å². The lowest BCUT2D eigenvalue weighted by Gasteiger charge is -2.12. The molecule has 0 aliphatic heterocycles. The Bertz CT molecular complexity index is 896. The van der Waals surface area contributed by atoms with E-state index in [1.807, 2.05) is 0 Å². The molecule has 2 rings (SSSR count). The minimum Gasteiger partial charge on any atom is -0.267 e. The minimum atomic E-state index is -3.60. The van der Waals surface area contributed by atoms with Gasteiger partial charge in [0.05, 0.1) is 10.5 Å². The van der Waals surface area contributed by atoms with E-state index in [0.29, 0.717) is 0 Å². The molecule has 0 heterocycles. The first-order chi connectivity index (χ1) is 11.7. The summed E-state index contributed by atoms with van der Waals surface area (Å²) < 4.78 is 38.4. The summed E-state index contributed by atoms with van der Waals surface area (Å²) in [4.78, 5) is 23.8. The Morgan fingerprint density at radius 2 is 1.48 bits per heavy atom. The number of carbonyl (C=O) groups is 2. The van der Waals surface area contributed by atoms with Crippen LogP contribution in [0.4, 0.5) is 4.39 Å². The monoisotopic (exact) mass is 365 g/mol. The summed E-state index contributed by atoms with van der Waals surface area (Å²) in [6.45, 7) is 0. The quantitative estimate of drug-likeness (QED) is 0.795. The standard InChI is InChI=1S/C16H16FN3O4S/c1-20(2)25(23,24)12-9-7-11(8-10-12)15(21)18-19-16(22)13-5-3-4-6-14(13)17/h3-10H,1-2H3,(H,18,21)(H,19,22). The number of halogens is 1. The second-order valence-corrected chi connectivity index (χ2v) is 7.35. The maximum Gasteiger partial charge on any atom is 0.272 e. The van der Waals surface area contributed by atoms with Gasteiger partial charge in [-0.05, 0) is 36.4 Å². The van der Waals surface area contributed by atoms with Crippen LogP contribution in [0.2, 0.25) is 0 Å². The normalized spacial score (nSPS) is 11.2. The number of amides is 2. The number of benzene rings is 2. The van der Waals surface area contributed by atoms with Crippen molar-refractivity contribution in [3.63, 3.8) is 0 Å². The van der Waals surface area contributed by atoms with Gasteiger partial charge in [0.25, 0.3) is 11.8 Å². The van der Waals surface area contributed by atoms with E-state index in [0.717, 1.165) is 10.4 Å². The molecular weight excluding hydrogens is 349 g/mol. The smallest absolute Gasteiger partial charge is 0.267 e. The van der Waals surface area contributed by atoms with E-state index in [4.69, 9.17) is 0 Å². The summed E-state index contributed by atoms with van der Waals surface area (Å²) >= 11 is 0. The van der Waals surface area contributed by atoms with Gasteiger partial charge in [-0.15, -0.1) is 0 Å². The third kappa shape index (κ3) is 4.20. The fourth-order valence-electron chi connectivity index (χ4n) is 1.89. The van der Waals surface area contributed by atoms with Crippen LogP contribution in [0.15, 0.2) is 53.4 Å². The van der Waals surface area contributed by atoms with Crippen molar-refractivity contribution in [2.45, 2.75) is 4.90 Å². The molecule has 132 valence electrons. The van der Waals surface area contributed by atoms with Crippen LogP contribution in [0.1, 0.15) is 20.7 Å². The summed E-state index contributed by atoms with van der Waals surface area (Å²) in [7, 11) is -0.802. The third-order valence-corrected chi connectivity index (χ3v) is 5.13. The van der Waals surface area contributed by atoms with Crippen molar-refractivity contribution in [2.24, 2.45) is 0 Å². The molecule has 9 heteroatoms. The molecule has 0 saturated heterocycles. The van der Waals surface area contributed by atoms with Crippen molar-refractivity contribution in [1.29, 1.82) is 0 Å². The zero-order chi connectivity index (χ0) is 18.6. The Morgan fingerprint density at radius 3 is 2.04 bits per heavy atom. The van der Waals surface area contributed by atoms with Gasteiger partial charge in [-0.25, -0.2) is 17.1 Å². The number of hydrazine groups is 1. The summed E-state index contributed by atoms with van der Waals surface area (Å²) in [6.07, 6.45) is 0. The second kappa shape index (κ2) is 7.41. The molecule has 2 aromatic carbocycles. The number of nitrogens with one attached hydrogen (secondary N) is 2. The van der Waals surface area contributed by atoms with Crippen LogP contribution in [0, 0.1) is 5.82 Å². The molecule has 0 radical (unpaired) electrons. The van der Waals surface area contributed by atoms with Gasteiger partial charge in [-0.1, -0.05) is 12.1 Å². The van der Waals surface area contributed by atoms with Crippen molar-refractivity contribution >= 4 is 21.8 Å². The Morgan fingerprint density at radius 1 is 0.920 bits per heavy atom. The highest BCUT2D eigenvalue weighted by molar-refractivity contribution is 7.89. The SMILES string of the molecule is CN(C)S(=O)(=O)c1ccc(C(=O)NNC(=O)c2ccccc2F)cc1. The second-order valence-electron chi connectivity index (χ2n) is 5.20. The van der Waals surface area contributed by atoms with E-state index in [1.165, 1.54) is 56.6 Å². The number of rotatable bonds is 4. The molecule has 2 N–H and O–H groups in total. The van der Waals surface area contributed by atoms with Crippen LogP contribution in [-0.4, -0.2) is 38.6 Å². The Balaban J connectivity index is 2.05. The minimum absolute atomic E-state index is 0.0319. The fraction of sp³-hybridized carbons (Fsp3) is 0.125. The first kappa shape index (κ1) is 18.6. The van der Waals surface area contributed by atoms with Crippen molar-refractivity contribution < 1.29 is 22.4 Å². The zero-order valence-electron chi connectivity index (χ0n) is 13.5. The van der Waals surface area contributed by atoms with Gasteiger partial charge in [0.15, 0.2) is 0 Å². The van der Waals surface area contributed by atoms with Crippen LogP contribution in [0.25, 0.3) is 0 Å². The van der Waals surface area contributed by atoms with E-state index >= 15 is 0 Å². The molecule has 0 unspecified atom stereocenters. The van der Waals surface area contributed by atoms with Crippen molar-refractivity contribution in [2.75, 3.05) is 14.1 Å². The van der Waals surface area contributed by atoms with Crippen LogP contribution in [-0.2, 0) is 10.0 Å². The topological polar surface area (TPSA) is 95.6 Å². The molecule has 2 amide bonds. The molecule has 25 heavy (non-hydrogen) atoms. The number of nitrogens with zero attached hydrogens (tertiary/aromatic N) is 1. The average Bonchev–Trinajstić information content (AvgIpc) is 2.59. The van der Waals surface area contributed by atoms with E-state index in [9.17, 15) is 22.4 Å². The molecule has 0 atom stereocenters. The van der Waals surface area contributed by atoms with Gasteiger partial charge >= 0.3 is 0 Å². The molecule has 0 aromatic heterocycles. The molecule has 0 aliphatic carbocycles.